The van der Waals surface area contributed by atoms with Crippen LogP contribution in [0.1, 0.15) is 144 Å². The zero-order valence-corrected chi connectivity index (χ0v) is 23.7. The Morgan fingerprint density at radius 1 is 0.743 bits per heavy atom. The largest absolute Gasteiger partial charge is 0.356 e. The summed E-state index contributed by atoms with van der Waals surface area (Å²) in [6.07, 6.45) is 22.9. The van der Waals surface area contributed by atoms with Gasteiger partial charge in [-0.05, 0) is 57.3 Å². The Morgan fingerprint density at radius 3 is 1.83 bits per heavy atom. The minimum atomic E-state index is -0.454. The molecule has 2 amide bonds. The standard InChI is InChI=1S/C30H56N2O3/c1-6-7-8-9-10-11-12-13-14-15-16-17-18-19-20-23-28(34)32-27(26(2)33)22-21-24-31-29(35)25-30(3,4)5/h13-14,27H,6-12,15-25H2,1-5H3,(H,31,35)(H,32,34)/t27-/m0/s1. The van der Waals surface area contributed by atoms with E-state index < -0.39 is 6.04 Å². The normalized spacial score (nSPS) is 12.6. The zero-order valence-electron chi connectivity index (χ0n) is 23.7. The lowest BCUT2D eigenvalue weighted by molar-refractivity contribution is -0.127. The Hall–Kier alpha value is -1.65. The predicted octanol–water partition coefficient (Wildman–Crippen LogP) is 7.43. The van der Waals surface area contributed by atoms with Crippen LogP contribution in [0.5, 0.6) is 0 Å². The molecule has 0 aliphatic rings. The maximum atomic E-state index is 12.2. The van der Waals surface area contributed by atoms with Crippen LogP contribution in [0.4, 0.5) is 0 Å². The van der Waals surface area contributed by atoms with Crippen molar-refractivity contribution in [2.75, 3.05) is 6.54 Å². The number of Topliss-reactive ketones (excluding diaryl/α,β-unsaturated/α-hetero) is 1. The Kier molecular flexibility index (Phi) is 20.6. The van der Waals surface area contributed by atoms with E-state index in [9.17, 15) is 14.4 Å². The Labute approximate surface area is 216 Å². The molecular formula is C30H56N2O3. The summed E-state index contributed by atoms with van der Waals surface area (Å²) in [5, 5.41) is 5.79. The van der Waals surface area contributed by atoms with Crippen molar-refractivity contribution >= 4 is 17.6 Å². The predicted molar refractivity (Wildman–Crippen MR) is 148 cm³/mol. The summed E-state index contributed by atoms with van der Waals surface area (Å²) in [5.74, 6) is -0.0337. The van der Waals surface area contributed by atoms with E-state index in [0.29, 0.717) is 32.2 Å². The van der Waals surface area contributed by atoms with E-state index in [2.05, 4.69) is 29.7 Å². The highest BCUT2D eigenvalue weighted by Gasteiger charge is 2.18. The molecule has 5 heteroatoms. The van der Waals surface area contributed by atoms with Gasteiger partial charge in [-0.1, -0.05) is 91.2 Å². The van der Waals surface area contributed by atoms with Gasteiger partial charge in [-0.2, -0.15) is 0 Å². The van der Waals surface area contributed by atoms with Gasteiger partial charge in [-0.15, -0.1) is 0 Å². The molecular weight excluding hydrogens is 436 g/mol. The first-order chi connectivity index (χ1) is 16.7. The molecule has 204 valence electrons. The van der Waals surface area contributed by atoms with Crippen molar-refractivity contribution < 1.29 is 14.4 Å². The smallest absolute Gasteiger partial charge is 0.220 e. The molecule has 0 aliphatic heterocycles. The molecule has 0 aromatic rings. The van der Waals surface area contributed by atoms with Crippen LogP contribution in [0.2, 0.25) is 0 Å². The molecule has 35 heavy (non-hydrogen) atoms. The molecule has 0 aromatic heterocycles. The molecule has 2 N–H and O–H groups in total. The van der Waals surface area contributed by atoms with Crippen LogP contribution in [0, 0.1) is 5.41 Å². The minimum Gasteiger partial charge on any atom is -0.356 e. The molecule has 0 saturated carbocycles. The molecule has 0 fully saturated rings. The number of nitrogens with one attached hydrogen (secondary N) is 2. The van der Waals surface area contributed by atoms with Crippen LogP contribution in [0.15, 0.2) is 12.2 Å². The molecule has 0 bridgehead atoms. The number of rotatable bonds is 22. The van der Waals surface area contributed by atoms with Gasteiger partial charge in [0.25, 0.3) is 0 Å². The lowest BCUT2D eigenvalue weighted by Gasteiger charge is -2.18. The van der Waals surface area contributed by atoms with Crippen LogP contribution in [-0.4, -0.2) is 30.2 Å². The number of carbonyl (C=O) groups excluding carboxylic acids is 3. The van der Waals surface area contributed by atoms with Crippen molar-refractivity contribution in [3.63, 3.8) is 0 Å². The van der Waals surface area contributed by atoms with Gasteiger partial charge in [0.1, 0.15) is 0 Å². The molecule has 0 radical (unpaired) electrons. The summed E-state index contributed by atoms with van der Waals surface area (Å²) >= 11 is 0. The van der Waals surface area contributed by atoms with E-state index in [1.165, 1.54) is 64.7 Å². The second-order valence-corrected chi connectivity index (χ2v) is 11.3. The average Bonchev–Trinajstić information content (AvgIpc) is 2.77. The zero-order chi connectivity index (χ0) is 26.4. The maximum Gasteiger partial charge on any atom is 0.220 e. The maximum absolute atomic E-state index is 12.2. The van der Waals surface area contributed by atoms with Gasteiger partial charge in [0.05, 0.1) is 6.04 Å². The highest BCUT2D eigenvalue weighted by atomic mass is 16.2. The van der Waals surface area contributed by atoms with Crippen molar-refractivity contribution in [2.45, 2.75) is 150 Å². The van der Waals surface area contributed by atoms with Gasteiger partial charge in [0, 0.05) is 19.4 Å². The summed E-state index contributed by atoms with van der Waals surface area (Å²) in [5.41, 5.74) is -0.0377. The molecule has 0 spiro atoms. The van der Waals surface area contributed by atoms with E-state index in [-0.39, 0.29) is 23.0 Å². The molecule has 0 rings (SSSR count). The van der Waals surface area contributed by atoms with Gasteiger partial charge in [0.15, 0.2) is 5.78 Å². The lowest BCUT2D eigenvalue weighted by Crippen LogP contribution is -2.40. The number of hydrogen-bond donors (Lipinski definition) is 2. The third-order valence-electron chi connectivity index (χ3n) is 6.17. The summed E-state index contributed by atoms with van der Waals surface area (Å²) in [4.78, 5) is 36.0. The number of amides is 2. The lowest BCUT2D eigenvalue weighted by atomic mass is 9.92. The number of carbonyl (C=O) groups is 3. The molecule has 0 unspecified atom stereocenters. The highest BCUT2D eigenvalue weighted by molar-refractivity contribution is 5.87. The topological polar surface area (TPSA) is 75.3 Å². The number of hydrogen-bond acceptors (Lipinski definition) is 3. The third-order valence-corrected chi connectivity index (χ3v) is 6.17. The van der Waals surface area contributed by atoms with Gasteiger partial charge in [-0.3, -0.25) is 14.4 Å². The highest BCUT2D eigenvalue weighted by Crippen LogP contribution is 2.17. The first-order valence-electron chi connectivity index (χ1n) is 14.4. The van der Waals surface area contributed by atoms with Crippen LogP contribution in [0.3, 0.4) is 0 Å². The Morgan fingerprint density at radius 2 is 1.29 bits per heavy atom. The fourth-order valence-corrected chi connectivity index (χ4v) is 4.08. The molecule has 5 nitrogen and oxygen atoms in total. The first kappa shape index (κ1) is 33.4. The fraction of sp³-hybridized carbons (Fsp3) is 0.833. The summed E-state index contributed by atoms with van der Waals surface area (Å²) < 4.78 is 0. The quantitative estimate of drug-likeness (QED) is 0.122. The monoisotopic (exact) mass is 492 g/mol. The van der Waals surface area contributed by atoms with Gasteiger partial charge in [-0.25, -0.2) is 0 Å². The van der Waals surface area contributed by atoms with E-state index in [4.69, 9.17) is 0 Å². The first-order valence-corrected chi connectivity index (χ1v) is 14.4. The Balaban J connectivity index is 3.74. The summed E-state index contributed by atoms with van der Waals surface area (Å²) in [6.45, 7) is 10.4. The van der Waals surface area contributed by atoms with Crippen LogP contribution in [0.25, 0.3) is 0 Å². The second kappa shape index (κ2) is 21.6. The SMILES string of the molecule is CCCCCCCCC=CCCCCCCCC(=O)N[C@@H](CCCNC(=O)CC(C)(C)C)C(C)=O. The molecule has 0 heterocycles. The van der Waals surface area contributed by atoms with Crippen molar-refractivity contribution in [2.24, 2.45) is 5.41 Å². The molecule has 1 atom stereocenters. The number of unbranched alkanes of at least 4 members (excludes halogenated alkanes) is 11. The third kappa shape index (κ3) is 23.8. The van der Waals surface area contributed by atoms with E-state index in [1.54, 1.807) is 0 Å². The van der Waals surface area contributed by atoms with E-state index in [1.807, 2.05) is 20.8 Å². The molecule has 0 aromatic carbocycles. The van der Waals surface area contributed by atoms with Crippen LogP contribution < -0.4 is 10.6 Å². The van der Waals surface area contributed by atoms with Crippen LogP contribution >= 0.6 is 0 Å². The second-order valence-electron chi connectivity index (χ2n) is 11.3. The number of ketones is 1. The average molecular weight is 493 g/mol. The number of allylic oxidation sites excluding steroid dienone is 2. The van der Waals surface area contributed by atoms with E-state index >= 15 is 0 Å². The molecule has 0 saturated heterocycles. The minimum absolute atomic E-state index is 0.0242. The van der Waals surface area contributed by atoms with Gasteiger partial charge < -0.3 is 10.6 Å². The fourth-order valence-electron chi connectivity index (χ4n) is 4.08. The molecule has 0 aliphatic carbocycles. The van der Waals surface area contributed by atoms with Crippen molar-refractivity contribution in [1.82, 2.24) is 10.6 Å². The van der Waals surface area contributed by atoms with E-state index in [0.717, 1.165) is 25.7 Å². The Bertz CT molecular complexity index is 593. The summed E-state index contributed by atoms with van der Waals surface area (Å²) in [7, 11) is 0. The van der Waals surface area contributed by atoms with Gasteiger partial charge in [0.2, 0.25) is 11.8 Å². The van der Waals surface area contributed by atoms with Crippen molar-refractivity contribution in [1.29, 1.82) is 0 Å². The van der Waals surface area contributed by atoms with Gasteiger partial charge >= 0.3 is 0 Å². The van der Waals surface area contributed by atoms with Crippen molar-refractivity contribution in [3.8, 4) is 0 Å². The van der Waals surface area contributed by atoms with Crippen molar-refractivity contribution in [3.05, 3.63) is 12.2 Å². The summed E-state index contributed by atoms with van der Waals surface area (Å²) in [6, 6.07) is -0.454. The van der Waals surface area contributed by atoms with Crippen LogP contribution in [-0.2, 0) is 14.4 Å².